The number of allylic oxidation sites excluding steroid dienone is 1. The zero-order valence-electron chi connectivity index (χ0n) is 9.27. The van der Waals surface area contributed by atoms with E-state index in [0.29, 0.717) is 12.1 Å². The van der Waals surface area contributed by atoms with Crippen molar-refractivity contribution in [2.24, 2.45) is 0 Å². The lowest BCUT2D eigenvalue weighted by Gasteiger charge is -2.13. The fourth-order valence-electron chi connectivity index (χ4n) is 1.95. The first-order chi connectivity index (χ1) is 8.19. The van der Waals surface area contributed by atoms with Crippen LogP contribution in [0.1, 0.15) is 12.5 Å². The molecule has 1 aliphatic rings. The van der Waals surface area contributed by atoms with Crippen LogP contribution in [-0.4, -0.2) is 12.5 Å². The fraction of sp³-hybridized carbons (Fsp3) is 0.154. The quantitative estimate of drug-likeness (QED) is 0.630. The van der Waals surface area contributed by atoms with Crippen LogP contribution in [0, 0.1) is 22.7 Å². The number of carbonyl (C=O) groups excluding carboxylic acids is 1. The molecule has 1 heterocycles. The Kier molecular flexibility index (Phi) is 2.64. The third-order valence-corrected chi connectivity index (χ3v) is 2.74. The van der Waals surface area contributed by atoms with Gasteiger partial charge in [-0.2, -0.15) is 10.5 Å². The van der Waals surface area contributed by atoms with E-state index in [1.54, 1.807) is 4.90 Å². The number of fused-ring (bicyclic) bond motifs is 1. The summed E-state index contributed by atoms with van der Waals surface area (Å²) in [7, 11) is 0. The van der Waals surface area contributed by atoms with Crippen LogP contribution < -0.4 is 4.90 Å². The highest BCUT2D eigenvalue weighted by atomic mass is 16.2. The molecule has 0 saturated carbocycles. The monoisotopic (exact) mass is 223 g/mol. The van der Waals surface area contributed by atoms with E-state index >= 15 is 0 Å². The first-order valence-corrected chi connectivity index (χ1v) is 5.10. The van der Waals surface area contributed by atoms with Gasteiger partial charge in [-0.05, 0) is 6.07 Å². The van der Waals surface area contributed by atoms with Gasteiger partial charge in [0.25, 0.3) is 0 Å². The minimum absolute atomic E-state index is 0.0706. The van der Waals surface area contributed by atoms with E-state index in [1.807, 2.05) is 36.4 Å². The molecule has 4 heteroatoms. The number of rotatable bonds is 0. The van der Waals surface area contributed by atoms with Gasteiger partial charge in [-0.15, -0.1) is 0 Å². The van der Waals surface area contributed by atoms with E-state index in [2.05, 4.69) is 0 Å². The summed E-state index contributed by atoms with van der Waals surface area (Å²) >= 11 is 0. The van der Waals surface area contributed by atoms with Gasteiger partial charge in [0, 0.05) is 18.1 Å². The topological polar surface area (TPSA) is 67.9 Å². The Morgan fingerprint density at radius 2 is 1.94 bits per heavy atom. The molecule has 0 aromatic heterocycles. The molecule has 82 valence electrons. The average Bonchev–Trinajstić information content (AvgIpc) is 2.71. The SMILES string of the molecule is CC(=O)N1CC(=C(C#N)C#N)c2ccccc21. The number of amides is 1. The van der Waals surface area contributed by atoms with Crippen LogP contribution >= 0.6 is 0 Å². The number of carbonyl (C=O) groups is 1. The summed E-state index contributed by atoms with van der Waals surface area (Å²) in [5.41, 5.74) is 2.25. The smallest absolute Gasteiger partial charge is 0.224 e. The number of anilines is 1. The van der Waals surface area contributed by atoms with Gasteiger partial charge in [0.1, 0.15) is 17.7 Å². The van der Waals surface area contributed by atoms with Crippen LogP contribution in [0.4, 0.5) is 5.69 Å². The van der Waals surface area contributed by atoms with Crippen molar-refractivity contribution in [2.45, 2.75) is 6.92 Å². The predicted octanol–water partition coefficient (Wildman–Crippen LogP) is 1.85. The Morgan fingerprint density at radius 3 is 2.53 bits per heavy atom. The number of para-hydroxylation sites is 1. The van der Waals surface area contributed by atoms with Crippen LogP contribution in [0.25, 0.3) is 5.57 Å². The van der Waals surface area contributed by atoms with Crippen molar-refractivity contribution in [3.05, 3.63) is 35.4 Å². The summed E-state index contributed by atoms with van der Waals surface area (Å²) in [5, 5.41) is 17.8. The molecule has 0 radical (unpaired) electrons. The minimum Gasteiger partial charge on any atom is -0.308 e. The Balaban J connectivity index is 2.66. The molecule has 1 aromatic rings. The zero-order chi connectivity index (χ0) is 12.4. The van der Waals surface area contributed by atoms with Crippen molar-refractivity contribution in [1.29, 1.82) is 10.5 Å². The van der Waals surface area contributed by atoms with E-state index in [1.165, 1.54) is 6.92 Å². The molecule has 1 aliphatic heterocycles. The maximum atomic E-state index is 11.5. The van der Waals surface area contributed by atoms with E-state index in [4.69, 9.17) is 10.5 Å². The molecule has 0 atom stereocenters. The fourth-order valence-corrected chi connectivity index (χ4v) is 1.95. The molecule has 0 bridgehead atoms. The van der Waals surface area contributed by atoms with Gasteiger partial charge in [-0.3, -0.25) is 4.79 Å². The molecule has 0 fully saturated rings. The molecule has 0 N–H and O–H groups in total. The Labute approximate surface area is 99.0 Å². The van der Waals surface area contributed by atoms with E-state index in [0.717, 1.165) is 11.3 Å². The average molecular weight is 223 g/mol. The largest absolute Gasteiger partial charge is 0.308 e. The van der Waals surface area contributed by atoms with Crippen LogP contribution in [0.15, 0.2) is 29.8 Å². The number of hydrogen-bond donors (Lipinski definition) is 0. The third kappa shape index (κ3) is 1.66. The maximum absolute atomic E-state index is 11.5. The number of benzene rings is 1. The highest BCUT2D eigenvalue weighted by Crippen LogP contribution is 2.36. The second-order valence-corrected chi connectivity index (χ2v) is 3.70. The first-order valence-electron chi connectivity index (χ1n) is 5.10. The predicted molar refractivity (Wildman–Crippen MR) is 62.6 cm³/mol. The minimum atomic E-state index is -0.0947. The molecule has 17 heavy (non-hydrogen) atoms. The van der Waals surface area contributed by atoms with Gasteiger partial charge in [-0.1, -0.05) is 18.2 Å². The van der Waals surface area contributed by atoms with Gasteiger partial charge < -0.3 is 4.90 Å². The van der Waals surface area contributed by atoms with Gasteiger partial charge in [0.05, 0.1) is 12.2 Å². The second-order valence-electron chi connectivity index (χ2n) is 3.70. The van der Waals surface area contributed by atoms with Crippen molar-refractivity contribution in [3.8, 4) is 12.1 Å². The molecule has 0 saturated heterocycles. The molecule has 4 nitrogen and oxygen atoms in total. The van der Waals surface area contributed by atoms with Gasteiger partial charge in [0.15, 0.2) is 0 Å². The van der Waals surface area contributed by atoms with Gasteiger partial charge >= 0.3 is 0 Å². The Bertz CT molecular complexity index is 586. The van der Waals surface area contributed by atoms with E-state index in [9.17, 15) is 4.79 Å². The van der Waals surface area contributed by atoms with Crippen molar-refractivity contribution >= 4 is 17.2 Å². The number of nitrogens with zero attached hydrogens (tertiary/aromatic N) is 3. The van der Waals surface area contributed by atoms with Crippen molar-refractivity contribution in [2.75, 3.05) is 11.4 Å². The normalized spacial score (nSPS) is 12.6. The lowest BCUT2D eigenvalue weighted by atomic mass is 10.0. The molecule has 0 spiro atoms. The molecule has 1 amide bonds. The summed E-state index contributed by atoms with van der Waals surface area (Å²) in [4.78, 5) is 13.1. The Morgan fingerprint density at radius 1 is 1.29 bits per heavy atom. The maximum Gasteiger partial charge on any atom is 0.224 e. The van der Waals surface area contributed by atoms with Crippen LogP contribution in [0.2, 0.25) is 0 Å². The first kappa shape index (κ1) is 10.9. The van der Waals surface area contributed by atoms with Crippen molar-refractivity contribution in [1.82, 2.24) is 0 Å². The van der Waals surface area contributed by atoms with Crippen molar-refractivity contribution in [3.63, 3.8) is 0 Å². The highest BCUT2D eigenvalue weighted by Gasteiger charge is 2.28. The second kappa shape index (κ2) is 4.11. The molecule has 0 unspecified atom stereocenters. The molecular weight excluding hydrogens is 214 g/mol. The van der Waals surface area contributed by atoms with Gasteiger partial charge in [0.2, 0.25) is 5.91 Å². The lowest BCUT2D eigenvalue weighted by molar-refractivity contribution is -0.116. The number of nitriles is 2. The highest BCUT2D eigenvalue weighted by molar-refractivity contribution is 6.03. The summed E-state index contributed by atoms with van der Waals surface area (Å²) in [6, 6.07) is 11.0. The molecule has 1 aromatic carbocycles. The summed E-state index contributed by atoms with van der Waals surface area (Å²) in [6.45, 7) is 1.77. The lowest BCUT2D eigenvalue weighted by Crippen LogP contribution is -2.25. The number of hydrogen-bond acceptors (Lipinski definition) is 3. The van der Waals surface area contributed by atoms with Crippen LogP contribution in [0.3, 0.4) is 0 Å². The standard InChI is InChI=1S/C13H9N3O/c1-9(17)16-8-12(10(6-14)7-15)11-4-2-3-5-13(11)16/h2-5H,8H2,1H3. The summed E-state index contributed by atoms with van der Waals surface area (Å²) in [5.74, 6) is -0.0947. The molecular formula is C13H9N3O. The third-order valence-electron chi connectivity index (χ3n) is 2.74. The summed E-state index contributed by atoms with van der Waals surface area (Å²) < 4.78 is 0. The van der Waals surface area contributed by atoms with Crippen LogP contribution in [-0.2, 0) is 4.79 Å². The van der Waals surface area contributed by atoms with E-state index < -0.39 is 0 Å². The molecule has 2 rings (SSSR count). The van der Waals surface area contributed by atoms with Crippen molar-refractivity contribution < 1.29 is 4.79 Å². The summed E-state index contributed by atoms with van der Waals surface area (Å²) in [6.07, 6.45) is 0. The molecule has 0 aliphatic carbocycles. The zero-order valence-corrected chi connectivity index (χ0v) is 9.27. The van der Waals surface area contributed by atoms with E-state index in [-0.39, 0.29) is 11.5 Å². The van der Waals surface area contributed by atoms with Crippen LogP contribution in [0.5, 0.6) is 0 Å². The Hall–Kier alpha value is -2.59. The van der Waals surface area contributed by atoms with Gasteiger partial charge in [-0.25, -0.2) is 0 Å².